The van der Waals surface area contributed by atoms with Crippen LogP contribution in [0.15, 0.2) is 42.6 Å². The average molecular weight is 490 g/mol. The topological polar surface area (TPSA) is 88.0 Å². The smallest absolute Gasteiger partial charge is 0.303 e. The maximum atomic E-state index is 15.2. The van der Waals surface area contributed by atoms with Crippen LogP contribution < -0.4 is 10.8 Å². The number of hydrogen-bond donors (Lipinski definition) is 2. The second-order valence-corrected chi connectivity index (χ2v) is 12.1. The minimum Gasteiger partial charge on any atom is -0.384 e. The number of nitrogens with one attached hydrogen (secondary N) is 1. The van der Waals surface area contributed by atoms with E-state index in [1.807, 2.05) is 12.2 Å². The Balaban J connectivity index is 1.74. The highest BCUT2D eigenvalue weighted by Crippen LogP contribution is 2.47. The summed E-state index contributed by atoms with van der Waals surface area (Å²) in [5, 5.41) is 13.5. The van der Waals surface area contributed by atoms with E-state index in [1.54, 1.807) is 19.9 Å². The molecule has 1 aliphatic rings. The minimum absolute atomic E-state index is 0.00657. The quantitative estimate of drug-likeness (QED) is 0.371. The van der Waals surface area contributed by atoms with Crippen molar-refractivity contribution in [1.29, 1.82) is 0 Å². The lowest BCUT2D eigenvalue weighted by atomic mass is 9.91. The third-order valence-corrected chi connectivity index (χ3v) is 8.70. The first-order chi connectivity index (χ1) is 15.8. The number of anilines is 1. The van der Waals surface area contributed by atoms with Crippen molar-refractivity contribution >= 4 is 29.3 Å². The highest BCUT2D eigenvalue weighted by atomic mass is 31.2. The largest absolute Gasteiger partial charge is 0.384 e. The van der Waals surface area contributed by atoms with Crippen LogP contribution in [0.25, 0.3) is 10.9 Å². The van der Waals surface area contributed by atoms with E-state index in [-0.39, 0.29) is 5.56 Å². The van der Waals surface area contributed by atoms with Crippen LogP contribution >= 0.6 is 7.14 Å². The highest BCUT2D eigenvalue weighted by Gasteiger charge is 2.49. The number of aryl methyl sites for hydroxylation is 1. The van der Waals surface area contributed by atoms with Gasteiger partial charge in [0.25, 0.3) is 0 Å². The lowest BCUT2D eigenvalue weighted by molar-refractivity contribution is -0.170. The molecule has 0 spiro atoms. The third-order valence-electron chi connectivity index (χ3n) is 6.02. The summed E-state index contributed by atoms with van der Waals surface area (Å²) in [4.78, 5) is 13.2. The zero-order valence-corrected chi connectivity index (χ0v) is 20.2. The molecule has 34 heavy (non-hydrogen) atoms. The van der Waals surface area contributed by atoms with Gasteiger partial charge in [0.15, 0.2) is 0 Å². The summed E-state index contributed by atoms with van der Waals surface area (Å²) in [7, 11) is -2.67. The minimum atomic E-state index is -3.80. The van der Waals surface area contributed by atoms with Gasteiger partial charge < -0.3 is 15.0 Å². The second-order valence-electron chi connectivity index (χ2n) is 9.11. The summed E-state index contributed by atoms with van der Waals surface area (Å²) in [6.07, 6.45) is 6.16. The van der Waals surface area contributed by atoms with Crippen molar-refractivity contribution in [3.05, 3.63) is 65.4 Å². The number of allylic oxidation sites excluding steroid dienone is 2. The Morgan fingerprint density at radius 2 is 1.85 bits per heavy atom. The summed E-state index contributed by atoms with van der Waals surface area (Å²) in [5.74, 6) is -4.11. The Hall–Kier alpha value is -2.77. The molecule has 0 saturated carbocycles. The van der Waals surface area contributed by atoms with Gasteiger partial charge in [-0.25, -0.2) is 14.4 Å². The molecule has 3 aromatic rings. The van der Waals surface area contributed by atoms with Crippen molar-refractivity contribution in [2.24, 2.45) is 0 Å². The van der Waals surface area contributed by atoms with E-state index in [0.29, 0.717) is 40.3 Å². The molecule has 3 heterocycles. The summed E-state index contributed by atoms with van der Waals surface area (Å²) >= 11 is 0. The number of aliphatic hydroxyl groups is 1. The number of nitrogens with zero attached hydrogens (tertiary/aromatic N) is 3. The molecule has 0 aliphatic carbocycles. The molecule has 0 radical (unpaired) electrons. The molecule has 0 bridgehead atoms. The fourth-order valence-electron chi connectivity index (χ4n) is 3.96. The van der Waals surface area contributed by atoms with Crippen molar-refractivity contribution in [3.8, 4) is 0 Å². The fourth-order valence-corrected chi connectivity index (χ4v) is 6.10. The number of alkyl halides is 2. The summed E-state index contributed by atoms with van der Waals surface area (Å²) in [6, 6.07) is 4.64. The van der Waals surface area contributed by atoms with Crippen molar-refractivity contribution in [1.82, 2.24) is 15.0 Å². The molecular weight excluding hydrogens is 464 g/mol. The number of benzene rings is 1. The summed E-state index contributed by atoms with van der Waals surface area (Å²) in [6.45, 7) is 5.19. The van der Waals surface area contributed by atoms with Crippen LogP contribution in [0.2, 0.25) is 0 Å². The van der Waals surface area contributed by atoms with E-state index < -0.39 is 36.1 Å². The molecule has 1 aliphatic heterocycles. The van der Waals surface area contributed by atoms with Gasteiger partial charge in [-0.05, 0) is 39.8 Å². The monoisotopic (exact) mass is 490 g/mol. The summed E-state index contributed by atoms with van der Waals surface area (Å²) < 4.78 is 57.9. The number of hydrogen-bond acceptors (Lipinski definition) is 6. The van der Waals surface area contributed by atoms with Gasteiger partial charge in [0.1, 0.15) is 35.6 Å². The van der Waals surface area contributed by atoms with Gasteiger partial charge >= 0.3 is 5.92 Å². The third kappa shape index (κ3) is 4.23. The maximum Gasteiger partial charge on any atom is 0.303 e. The predicted octanol–water partition coefficient (Wildman–Crippen LogP) is 5.07. The molecule has 1 aromatic carbocycles. The molecule has 0 fully saturated rings. The zero-order chi connectivity index (χ0) is 24.9. The van der Waals surface area contributed by atoms with Crippen LogP contribution in [0.3, 0.4) is 0 Å². The number of aromatic nitrogens is 3. The van der Waals surface area contributed by atoms with Crippen molar-refractivity contribution in [3.63, 3.8) is 0 Å². The van der Waals surface area contributed by atoms with E-state index in [9.17, 15) is 18.5 Å². The molecule has 180 valence electrons. The van der Waals surface area contributed by atoms with Gasteiger partial charge in [0, 0.05) is 23.3 Å². The average Bonchev–Trinajstić information content (AvgIpc) is 3.20. The van der Waals surface area contributed by atoms with Gasteiger partial charge in [0.05, 0.1) is 23.3 Å². The lowest BCUT2D eigenvalue weighted by Gasteiger charge is -2.30. The van der Waals surface area contributed by atoms with E-state index in [0.717, 1.165) is 19.9 Å². The lowest BCUT2D eigenvalue weighted by Crippen LogP contribution is -2.41. The Kier molecular flexibility index (Phi) is 6.07. The molecular formula is C24H26F3N4O2P. The molecule has 6 nitrogen and oxygen atoms in total. The molecule has 10 heteroatoms. The Labute approximate surface area is 195 Å². The Morgan fingerprint density at radius 3 is 2.50 bits per heavy atom. The highest BCUT2D eigenvalue weighted by molar-refractivity contribution is 7.72. The zero-order valence-electron chi connectivity index (χ0n) is 19.3. The molecule has 0 saturated heterocycles. The van der Waals surface area contributed by atoms with Crippen LogP contribution in [0.4, 0.5) is 19.0 Å². The van der Waals surface area contributed by atoms with Gasteiger partial charge in [0.2, 0.25) is 0 Å². The van der Waals surface area contributed by atoms with E-state index in [4.69, 9.17) is 0 Å². The fraction of sp³-hybridized carbons (Fsp3) is 0.375. The first-order valence-corrected chi connectivity index (χ1v) is 12.9. The van der Waals surface area contributed by atoms with Crippen LogP contribution in [0, 0.1) is 12.7 Å². The number of pyridine rings is 1. The Bertz CT molecular complexity index is 1330. The van der Waals surface area contributed by atoms with Crippen LogP contribution in [-0.4, -0.2) is 38.0 Å². The molecule has 4 rings (SSSR count). The maximum absolute atomic E-state index is 15.2. The van der Waals surface area contributed by atoms with Crippen LogP contribution in [-0.2, 0) is 10.5 Å². The molecule has 1 atom stereocenters. The normalized spacial score (nSPS) is 16.7. The van der Waals surface area contributed by atoms with Gasteiger partial charge in [-0.3, -0.25) is 4.98 Å². The van der Waals surface area contributed by atoms with Crippen LogP contribution in [0.5, 0.6) is 0 Å². The predicted molar refractivity (Wildman–Crippen MR) is 127 cm³/mol. The SMILES string of the molecule is Cc1nc(N[C@H](C)c2cccc(C(F)(F)C(C)(C)O)c2F)c2cc(P3(=O)CC=CC3)ncc2n1. The molecule has 2 N–H and O–H groups in total. The summed E-state index contributed by atoms with van der Waals surface area (Å²) in [5.41, 5.74) is -2.35. The van der Waals surface area contributed by atoms with E-state index >= 15 is 4.39 Å². The van der Waals surface area contributed by atoms with E-state index in [2.05, 4.69) is 20.3 Å². The number of rotatable bonds is 6. The van der Waals surface area contributed by atoms with E-state index in [1.165, 1.54) is 18.3 Å². The molecule has 0 amide bonds. The van der Waals surface area contributed by atoms with Gasteiger partial charge in [-0.15, -0.1) is 0 Å². The van der Waals surface area contributed by atoms with Gasteiger partial charge in [-0.2, -0.15) is 8.78 Å². The van der Waals surface area contributed by atoms with Crippen molar-refractivity contribution in [2.45, 2.75) is 45.3 Å². The number of fused-ring (bicyclic) bond motifs is 1. The van der Waals surface area contributed by atoms with Crippen molar-refractivity contribution in [2.75, 3.05) is 17.6 Å². The number of halogens is 3. The molecule has 2 aromatic heterocycles. The second kappa shape index (κ2) is 8.47. The first-order valence-electron chi connectivity index (χ1n) is 10.9. The standard InChI is InChI=1S/C24H26F3N4O2P/c1-14(16-8-7-9-18(21(16)25)24(26,27)23(3,4)32)29-22-17-12-20(34(33)10-5-6-11-34)28-13-19(17)30-15(2)31-22/h5-9,12-14,32H,10-11H2,1-4H3,(H,29,30,31)/t14-/m1/s1. The van der Waals surface area contributed by atoms with Crippen LogP contribution in [0.1, 0.15) is 43.8 Å². The Morgan fingerprint density at radius 1 is 1.18 bits per heavy atom. The van der Waals surface area contributed by atoms with Crippen molar-refractivity contribution < 1.29 is 22.8 Å². The first kappa shape index (κ1) is 24.4. The molecule has 0 unspecified atom stereocenters. The van der Waals surface area contributed by atoms with Gasteiger partial charge in [-0.1, -0.05) is 24.3 Å².